The molecular formula is C15H27BrN4. The van der Waals surface area contributed by atoms with Crippen LogP contribution in [-0.2, 0) is 13.1 Å². The zero-order valence-corrected chi connectivity index (χ0v) is 14.5. The molecule has 2 heterocycles. The lowest BCUT2D eigenvalue weighted by atomic mass is 10.1. The zero-order valence-electron chi connectivity index (χ0n) is 13.0. The molecular weight excluding hydrogens is 316 g/mol. The van der Waals surface area contributed by atoms with Crippen molar-refractivity contribution in [3.05, 3.63) is 15.9 Å². The van der Waals surface area contributed by atoms with E-state index in [4.69, 9.17) is 0 Å². The quantitative estimate of drug-likeness (QED) is 0.862. The van der Waals surface area contributed by atoms with Crippen LogP contribution in [0.4, 0.5) is 0 Å². The van der Waals surface area contributed by atoms with Crippen LogP contribution in [0.3, 0.4) is 0 Å². The molecule has 1 aromatic rings. The molecule has 0 aliphatic carbocycles. The molecule has 1 saturated heterocycles. The van der Waals surface area contributed by atoms with E-state index in [1.54, 1.807) is 0 Å². The van der Waals surface area contributed by atoms with Gasteiger partial charge in [-0.3, -0.25) is 9.58 Å². The van der Waals surface area contributed by atoms with Gasteiger partial charge in [-0.15, -0.1) is 0 Å². The highest BCUT2D eigenvalue weighted by Crippen LogP contribution is 2.24. The van der Waals surface area contributed by atoms with Gasteiger partial charge in [0.1, 0.15) is 0 Å². The van der Waals surface area contributed by atoms with Crippen LogP contribution in [0.1, 0.15) is 44.5 Å². The van der Waals surface area contributed by atoms with E-state index in [1.165, 1.54) is 36.0 Å². The molecule has 0 saturated carbocycles. The zero-order chi connectivity index (χ0) is 14.5. The summed E-state index contributed by atoms with van der Waals surface area (Å²) in [5.41, 5.74) is 2.42. The number of piperidine rings is 1. The number of nitrogens with one attached hydrogen (secondary N) is 1. The van der Waals surface area contributed by atoms with Crippen molar-refractivity contribution in [2.24, 2.45) is 0 Å². The Hall–Kier alpha value is -0.390. The molecule has 1 unspecified atom stereocenters. The maximum atomic E-state index is 4.61. The molecule has 20 heavy (non-hydrogen) atoms. The fraction of sp³-hybridized carbons (Fsp3) is 0.800. The van der Waals surface area contributed by atoms with E-state index < -0.39 is 0 Å². The van der Waals surface area contributed by atoms with Gasteiger partial charge in [0, 0.05) is 25.7 Å². The smallest absolute Gasteiger partial charge is 0.0739 e. The van der Waals surface area contributed by atoms with Crippen molar-refractivity contribution in [1.82, 2.24) is 20.0 Å². The highest BCUT2D eigenvalue weighted by molar-refractivity contribution is 9.10. The summed E-state index contributed by atoms with van der Waals surface area (Å²) in [5, 5.41) is 8.15. The number of aromatic nitrogens is 2. The molecule has 1 aromatic heterocycles. The van der Waals surface area contributed by atoms with Gasteiger partial charge in [-0.2, -0.15) is 5.10 Å². The third kappa shape index (κ3) is 3.62. The fourth-order valence-electron chi connectivity index (χ4n) is 3.04. The number of nitrogens with zero attached hydrogens (tertiary/aromatic N) is 3. The number of hydrogen-bond donors (Lipinski definition) is 1. The summed E-state index contributed by atoms with van der Waals surface area (Å²) < 4.78 is 3.32. The van der Waals surface area contributed by atoms with Crippen LogP contribution in [0.2, 0.25) is 0 Å². The molecule has 0 radical (unpaired) electrons. The standard InChI is InChI=1S/C15H27BrN4/c1-4-9-19(13-7-6-8-17-10-13)11-14-15(16)12(3)18-20(14)5-2/h13,17H,4-11H2,1-3H3. The Kier molecular flexibility index (Phi) is 6.05. The van der Waals surface area contributed by atoms with Crippen molar-refractivity contribution < 1.29 is 0 Å². The lowest BCUT2D eigenvalue weighted by Gasteiger charge is -2.34. The lowest BCUT2D eigenvalue weighted by molar-refractivity contribution is 0.153. The van der Waals surface area contributed by atoms with Crippen LogP contribution in [0.25, 0.3) is 0 Å². The Balaban J connectivity index is 2.14. The van der Waals surface area contributed by atoms with Crippen molar-refractivity contribution in [2.75, 3.05) is 19.6 Å². The van der Waals surface area contributed by atoms with Crippen molar-refractivity contribution in [1.29, 1.82) is 0 Å². The number of aryl methyl sites for hydroxylation is 2. The minimum atomic E-state index is 0.663. The van der Waals surface area contributed by atoms with E-state index in [-0.39, 0.29) is 0 Å². The molecule has 114 valence electrons. The first-order valence-electron chi connectivity index (χ1n) is 7.83. The average molecular weight is 343 g/mol. The van der Waals surface area contributed by atoms with Crippen LogP contribution in [-0.4, -0.2) is 40.4 Å². The summed E-state index contributed by atoms with van der Waals surface area (Å²) in [6.45, 7) is 11.9. The highest BCUT2D eigenvalue weighted by Gasteiger charge is 2.23. The predicted octanol–water partition coefficient (Wildman–Crippen LogP) is 2.94. The van der Waals surface area contributed by atoms with Crippen LogP contribution in [0.15, 0.2) is 4.47 Å². The van der Waals surface area contributed by atoms with Gasteiger partial charge in [-0.25, -0.2) is 0 Å². The molecule has 0 amide bonds. The molecule has 5 heteroatoms. The lowest BCUT2D eigenvalue weighted by Crippen LogP contribution is -2.46. The minimum Gasteiger partial charge on any atom is -0.315 e. The molecule has 1 aliphatic heterocycles. The third-order valence-corrected chi connectivity index (χ3v) is 5.14. The first kappa shape index (κ1) is 16.0. The van der Waals surface area contributed by atoms with Gasteiger partial charge >= 0.3 is 0 Å². The van der Waals surface area contributed by atoms with Gasteiger partial charge in [0.05, 0.1) is 15.9 Å². The summed E-state index contributed by atoms with van der Waals surface area (Å²) in [6.07, 6.45) is 3.80. The Morgan fingerprint density at radius 3 is 2.85 bits per heavy atom. The van der Waals surface area contributed by atoms with Crippen molar-refractivity contribution in [2.45, 2.75) is 59.2 Å². The van der Waals surface area contributed by atoms with Crippen LogP contribution < -0.4 is 5.32 Å². The Bertz CT molecular complexity index is 424. The third-order valence-electron chi connectivity index (χ3n) is 4.10. The van der Waals surface area contributed by atoms with Crippen LogP contribution >= 0.6 is 15.9 Å². The maximum absolute atomic E-state index is 4.61. The number of hydrogen-bond acceptors (Lipinski definition) is 3. The first-order valence-corrected chi connectivity index (χ1v) is 8.63. The topological polar surface area (TPSA) is 33.1 Å². The van der Waals surface area contributed by atoms with E-state index in [1.807, 2.05) is 0 Å². The molecule has 1 aliphatic rings. The Morgan fingerprint density at radius 1 is 1.45 bits per heavy atom. The average Bonchev–Trinajstić information content (AvgIpc) is 2.75. The second-order valence-electron chi connectivity index (χ2n) is 5.63. The van der Waals surface area contributed by atoms with Gasteiger partial charge in [0.2, 0.25) is 0 Å². The second kappa shape index (κ2) is 7.57. The summed E-state index contributed by atoms with van der Waals surface area (Å²) >= 11 is 3.72. The summed E-state index contributed by atoms with van der Waals surface area (Å²) in [5.74, 6) is 0. The summed E-state index contributed by atoms with van der Waals surface area (Å²) in [7, 11) is 0. The van der Waals surface area contributed by atoms with Gasteiger partial charge < -0.3 is 5.32 Å². The summed E-state index contributed by atoms with van der Waals surface area (Å²) in [6, 6.07) is 0.663. The van der Waals surface area contributed by atoms with E-state index >= 15 is 0 Å². The highest BCUT2D eigenvalue weighted by atomic mass is 79.9. The van der Waals surface area contributed by atoms with Crippen LogP contribution in [0, 0.1) is 6.92 Å². The number of halogens is 1. The van der Waals surface area contributed by atoms with Crippen molar-refractivity contribution in [3.8, 4) is 0 Å². The summed E-state index contributed by atoms with van der Waals surface area (Å²) in [4.78, 5) is 2.62. The minimum absolute atomic E-state index is 0.663. The van der Waals surface area contributed by atoms with E-state index in [2.05, 4.69) is 56.7 Å². The molecule has 1 N–H and O–H groups in total. The van der Waals surface area contributed by atoms with E-state index in [9.17, 15) is 0 Å². The predicted molar refractivity (Wildman–Crippen MR) is 86.9 cm³/mol. The molecule has 0 bridgehead atoms. The largest absolute Gasteiger partial charge is 0.315 e. The molecule has 0 spiro atoms. The fourth-order valence-corrected chi connectivity index (χ4v) is 3.44. The Labute approximate surface area is 131 Å². The first-order chi connectivity index (χ1) is 9.67. The molecule has 4 nitrogen and oxygen atoms in total. The van der Waals surface area contributed by atoms with E-state index in [0.29, 0.717) is 6.04 Å². The maximum Gasteiger partial charge on any atom is 0.0739 e. The van der Waals surface area contributed by atoms with Crippen molar-refractivity contribution >= 4 is 15.9 Å². The monoisotopic (exact) mass is 342 g/mol. The van der Waals surface area contributed by atoms with Gasteiger partial charge in [-0.1, -0.05) is 6.92 Å². The Morgan fingerprint density at radius 2 is 2.25 bits per heavy atom. The van der Waals surface area contributed by atoms with Gasteiger partial charge in [-0.05, 0) is 62.1 Å². The van der Waals surface area contributed by atoms with Gasteiger partial charge in [0.25, 0.3) is 0 Å². The van der Waals surface area contributed by atoms with Crippen molar-refractivity contribution in [3.63, 3.8) is 0 Å². The molecule has 1 atom stereocenters. The number of rotatable bonds is 6. The second-order valence-corrected chi connectivity index (χ2v) is 6.43. The van der Waals surface area contributed by atoms with E-state index in [0.717, 1.165) is 31.9 Å². The molecule has 0 aromatic carbocycles. The van der Waals surface area contributed by atoms with Crippen LogP contribution in [0.5, 0.6) is 0 Å². The van der Waals surface area contributed by atoms with Gasteiger partial charge in [0.15, 0.2) is 0 Å². The molecule has 2 rings (SSSR count). The molecule has 1 fully saturated rings. The SMILES string of the molecule is CCCN(Cc1c(Br)c(C)nn1CC)C1CCCNC1. The normalized spacial score (nSPS) is 19.8.